The second kappa shape index (κ2) is 13.1. The smallest absolute Gasteiger partial charge is 0.256 e. The Morgan fingerprint density at radius 3 is 1.96 bits per heavy atom. The van der Waals surface area contributed by atoms with Crippen molar-refractivity contribution in [2.24, 2.45) is 0 Å². The zero-order valence-electron chi connectivity index (χ0n) is 13.6. The van der Waals surface area contributed by atoms with Gasteiger partial charge in [-0.1, -0.05) is 0 Å². The molecule has 0 bridgehead atoms. The number of nitrogens with two attached hydrogens (primary N) is 1. The van der Waals surface area contributed by atoms with E-state index in [1.54, 1.807) is 10.9 Å². The third kappa shape index (κ3) is 9.36. The van der Waals surface area contributed by atoms with Crippen LogP contribution in [0.1, 0.15) is 0 Å². The Kier molecular flexibility index (Phi) is 11.2. The first kappa shape index (κ1) is 19.7. The summed E-state index contributed by atoms with van der Waals surface area (Å²) in [6, 6.07) is 0. The van der Waals surface area contributed by atoms with Crippen molar-refractivity contribution in [3.63, 3.8) is 0 Å². The van der Waals surface area contributed by atoms with Crippen molar-refractivity contribution in [3.05, 3.63) is 6.20 Å². The van der Waals surface area contributed by atoms with Gasteiger partial charge in [0.05, 0.1) is 79.3 Å². The fourth-order valence-corrected chi connectivity index (χ4v) is 1.68. The van der Waals surface area contributed by atoms with Crippen LogP contribution in [-0.4, -0.2) is 81.5 Å². The summed E-state index contributed by atoms with van der Waals surface area (Å²) < 4.78 is 27.8. The van der Waals surface area contributed by atoms with Gasteiger partial charge in [-0.25, -0.2) is 0 Å². The minimum absolute atomic E-state index is 0.0322. The summed E-state index contributed by atoms with van der Waals surface area (Å²) >= 11 is 0. The minimum Gasteiger partial charge on any atom is -0.478 e. The average Bonchev–Trinajstić information content (AvgIpc) is 2.92. The molecular weight excluding hydrogens is 306 g/mol. The first-order valence-corrected chi connectivity index (χ1v) is 7.56. The van der Waals surface area contributed by atoms with E-state index >= 15 is 0 Å². The van der Waals surface area contributed by atoms with Gasteiger partial charge in [-0.15, -0.1) is 5.10 Å². The third-order valence-corrected chi connectivity index (χ3v) is 2.76. The number of anilines is 1. The number of aromatic nitrogens is 2. The number of nitrogen functional groups attached to an aromatic ring is 1. The molecule has 134 valence electrons. The maximum absolute atomic E-state index is 8.50. The molecule has 0 saturated heterocycles. The van der Waals surface area contributed by atoms with Crippen LogP contribution < -0.4 is 10.5 Å². The fourth-order valence-electron chi connectivity index (χ4n) is 1.68. The van der Waals surface area contributed by atoms with Crippen molar-refractivity contribution in [2.75, 3.05) is 72.3 Å². The molecule has 0 fully saturated rings. The molecule has 1 rings (SSSR count). The van der Waals surface area contributed by atoms with Crippen LogP contribution in [0.5, 0.6) is 5.88 Å². The molecule has 0 amide bonds. The average molecular weight is 333 g/mol. The Morgan fingerprint density at radius 1 is 0.957 bits per heavy atom. The summed E-state index contributed by atoms with van der Waals surface area (Å²) in [5.74, 6) is 0.426. The van der Waals surface area contributed by atoms with Gasteiger partial charge in [0.25, 0.3) is 5.88 Å². The van der Waals surface area contributed by atoms with Crippen LogP contribution in [0, 0.1) is 0 Å². The van der Waals surface area contributed by atoms with Gasteiger partial charge in [0.1, 0.15) is 5.69 Å². The van der Waals surface area contributed by atoms with Gasteiger partial charge < -0.3 is 34.5 Å². The summed E-state index contributed by atoms with van der Waals surface area (Å²) in [6.07, 6.45) is 1.71. The van der Waals surface area contributed by atoms with E-state index in [1.165, 1.54) is 7.11 Å². The molecule has 23 heavy (non-hydrogen) atoms. The Hall–Kier alpha value is -1.39. The predicted octanol–water partition coefficient (Wildman–Crippen LogP) is -0.467. The molecule has 0 atom stereocenters. The normalized spacial score (nSPS) is 11.0. The first-order chi connectivity index (χ1) is 11.3. The molecule has 0 aromatic carbocycles. The summed E-state index contributed by atoms with van der Waals surface area (Å²) in [4.78, 5) is 0. The Morgan fingerprint density at radius 2 is 1.48 bits per heavy atom. The molecule has 0 radical (unpaired) electrons. The fraction of sp³-hybridized carbons (Fsp3) is 0.786. The molecule has 1 aromatic rings. The Bertz CT molecular complexity index is 402. The minimum atomic E-state index is 0.0322. The lowest BCUT2D eigenvalue weighted by Gasteiger charge is -2.07. The zero-order chi connectivity index (χ0) is 16.8. The molecule has 9 nitrogen and oxygen atoms in total. The van der Waals surface area contributed by atoms with Crippen LogP contribution in [0.4, 0.5) is 5.69 Å². The number of nitrogens with zero attached hydrogens (tertiary/aromatic N) is 2. The highest BCUT2D eigenvalue weighted by Crippen LogP contribution is 2.16. The molecule has 9 heteroatoms. The second-order valence-corrected chi connectivity index (χ2v) is 4.53. The van der Waals surface area contributed by atoms with E-state index in [1.807, 2.05) is 0 Å². The number of aliphatic hydroxyl groups is 1. The predicted molar refractivity (Wildman–Crippen MR) is 83.6 cm³/mol. The van der Waals surface area contributed by atoms with Gasteiger partial charge in [0, 0.05) is 0 Å². The van der Waals surface area contributed by atoms with Crippen molar-refractivity contribution in [1.29, 1.82) is 0 Å². The lowest BCUT2D eigenvalue weighted by atomic mass is 10.6. The molecule has 0 spiro atoms. The lowest BCUT2D eigenvalue weighted by Crippen LogP contribution is -2.14. The highest BCUT2D eigenvalue weighted by molar-refractivity contribution is 5.45. The van der Waals surface area contributed by atoms with Gasteiger partial charge >= 0.3 is 0 Å². The van der Waals surface area contributed by atoms with Crippen LogP contribution in [0.2, 0.25) is 0 Å². The highest BCUT2D eigenvalue weighted by atomic mass is 16.6. The number of aliphatic hydroxyl groups excluding tert-OH is 1. The van der Waals surface area contributed by atoms with Crippen LogP contribution in [0.15, 0.2) is 6.20 Å². The van der Waals surface area contributed by atoms with E-state index in [0.717, 1.165) is 0 Å². The van der Waals surface area contributed by atoms with Gasteiger partial charge in [-0.2, -0.15) is 0 Å². The first-order valence-electron chi connectivity index (χ1n) is 7.56. The molecule has 0 aliphatic heterocycles. The maximum Gasteiger partial charge on any atom is 0.256 e. The molecule has 1 heterocycles. The van der Waals surface area contributed by atoms with Crippen molar-refractivity contribution in [2.45, 2.75) is 6.54 Å². The van der Waals surface area contributed by atoms with Gasteiger partial charge in [-0.3, -0.25) is 4.68 Å². The topological polar surface area (TPSA) is 110 Å². The number of hydrogen-bond donors (Lipinski definition) is 2. The van der Waals surface area contributed by atoms with E-state index in [2.05, 4.69) is 5.10 Å². The monoisotopic (exact) mass is 333 g/mol. The standard InChI is InChI=1S/C14H27N3O6/c1-19-14-13(15)12-17(16-14)2-4-20-6-8-22-10-11-23-9-7-21-5-3-18/h12,18H,2-11,15H2,1H3. The molecule has 0 aliphatic carbocycles. The van der Waals surface area contributed by atoms with Gasteiger partial charge in [0.2, 0.25) is 0 Å². The number of rotatable bonds is 15. The molecular formula is C14H27N3O6. The van der Waals surface area contributed by atoms with E-state index in [-0.39, 0.29) is 6.61 Å². The second-order valence-electron chi connectivity index (χ2n) is 4.53. The molecule has 0 aliphatic rings. The van der Waals surface area contributed by atoms with Gasteiger partial charge in [-0.05, 0) is 0 Å². The number of hydrogen-bond acceptors (Lipinski definition) is 8. The zero-order valence-corrected chi connectivity index (χ0v) is 13.6. The Labute approximate surface area is 136 Å². The van der Waals surface area contributed by atoms with E-state index in [9.17, 15) is 0 Å². The van der Waals surface area contributed by atoms with E-state index in [4.69, 9.17) is 34.5 Å². The van der Waals surface area contributed by atoms with Crippen molar-refractivity contribution in [1.82, 2.24) is 9.78 Å². The third-order valence-electron chi connectivity index (χ3n) is 2.76. The lowest BCUT2D eigenvalue weighted by molar-refractivity contribution is -0.00628. The SMILES string of the molecule is COc1nn(CCOCCOCCOCCOCCO)cc1N. The summed E-state index contributed by atoms with van der Waals surface area (Å²) in [5.41, 5.74) is 6.21. The van der Waals surface area contributed by atoms with Crippen LogP contribution in [0.25, 0.3) is 0 Å². The highest BCUT2D eigenvalue weighted by Gasteiger charge is 2.04. The number of methoxy groups -OCH3 is 1. The van der Waals surface area contributed by atoms with Crippen molar-refractivity contribution < 1.29 is 28.8 Å². The van der Waals surface area contributed by atoms with Crippen molar-refractivity contribution >= 4 is 5.69 Å². The summed E-state index contributed by atoms with van der Waals surface area (Å²) in [7, 11) is 1.53. The summed E-state index contributed by atoms with van der Waals surface area (Å²) in [6.45, 7) is 4.51. The maximum atomic E-state index is 8.50. The number of ether oxygens (including phenoxy) is 5. The van der Waals surface area contributed by atoms with E-state index < -0.39 is 0 Å². The van der Waals surface area contributed by atoms with Crippen LogP contribution in [-0.2, 0) is 25.5 Å². The molecule has 0 unspecified atom stereocenters. The quantitative estimate of drug-likeness (QED) is 0.415. The molecule has 0 saturated carbocycles. The van der Waals surface area contributed by atoms with Crippen LogP contribution in [0.3, 0.4) is 0 Å². The largest absolute Gasteiger partial charge is 0.478 e. The summed E-state index contributed by atoms with van der Waals surface area (Å²) in [5, 5.41) is 12.6. The Balaban J connectivity index is 1.84. The van der Waals surface area contributed by atoms with E-state index in [0.29, 0.717) is 71.0 Å². The molecule has 3 N–H and O–H groups in total. The van der Waals surface area contributed by atoms with Crippen LogP contribution >= 0.6 is 0 Å². The molecule has 1 aromatic heterocycles. The van der Waals surface area contributed by atoms with Crippen molar-refractivity contribution in [3.8, 4) is 5.88 Å². The van der Waals surface area contributed by atoms with Gasteiger partial charge in [0.15, 0.2) is 0 Å².